The van der Waals surface area contributed by atoms with Crippen molar-refractivity contribution >= 4 is 29.2 Å². The zero-order chi connectivity index (χ0) is 21.3. The van der Waals surface area contributed by atoms with Gasteiger partial charge in [-0.2, -0.15) is 0 Å². The Morgan fingerprint density at radius 1 is 1.23 bits per heavy atom. The quantitative estimate of drug-likeness (QED) is 0.732. The molecule has 1 aliphatic carbocycles. The van der Waals surface area contributed by atoms with Crippen LogP contribution in [0.15, 0.2) is 36.4 Å². The summed E-state index contributed by atoms with van der Waals surface area (Å²) >= 11 is 0. The number of rotatable bonds is 5. The number of urea groups is 1. The zero-order valence-electron chi connectivity index (χ0n) is 17.7. The van der Waals surface area contributed by atoms with Crippen LogP contribution in [-0.4, -0.2) is 48.9 Å². The Kier molecular flexibility index (Phi) is 5.54. The highest BCUT2D eigenvalue weighted by molar-refractivity contribution is 5.97. The van der Waals surface area contributed by atoms with Crippen LogP contribution in [0.3, 0.4) is 0 Å². The Morgan fingerprint density at radius 3 is 2.67 bits per heavy atom. The van der Waals surface area contributed by atoms with Gasteiger partial charge < -0.3 is 15.5 Å². The van der Waals surface area contributed by atoms with E-state index in [2.05, 4.69) is 24.5 Å². The Morgan fingerprint density at radius 2 is 2.00 bits per heavy atom. The van der Waals surface area contributed by atoms with E-state index in [4.69, 9.17) is 0 Å². The molecule has 2 saturated heterocycles. The first-order valence-corrected chi connectivity index (χ1v) is 10.8. The molecule has 1 aromatic rings. The average Bonchev–Trinajstić information content (AvgIpc) is 3.25. The van der Waals surface area contributed by atoms with Crippen LogP contribution in [-0.2, 0) is 9.59 Å². The van der Waals surface area contributed by atoms with Crippen LogP contribution in [0, 0.1) is 17.3 Å². The summed E-state index contributed by atoms with van der Waals surface area (Å²) < 4.78 is 0. The van der Waals surface area contributed by atoms with Crippen molar-refractivity contribution in [2.45, 2.75) is 33.1 Å². The number of carbonyl (C=O) groups excluding carboxylic acids is 3. The molecule has 4 rings (SSSR count). The van der Waals surface area contributed by atoms with Crippen LogP contribution in [0.25, 0.3) is 0 Å². The minimum atomic E-state index is -0.107. The predicted octanol–water partition coefficient (Wildman–Crippen LogP) is 3.00. The van der Waals surface area contributed by atoms with Crippen molar-refractivity contribution in [2.75, 3.05) is 36.4 Å². The molecular weight excluding hydrogens is 380 g/mol. The van der Waals surface area contributed by atoms with E-state index in [-0.39, 0.29) is 29.2 Å². The van der Waals surface area contributed by atoms with Gasteiger partial charge in [0, 0.05) is 43.5 Å². The van der Waals surface area contributed by atoms with Crippen molar-refractivity contribution in [3.8, 4) is 0 Å². The molecule has 7 nitrogen and oxygen atoms in total. The largest absolute Gasteiger partial charge is 0.339 e. The van der Waals surface area contributed by atoms with E-state index >= 15 is 0 Å². The number of nitrogens with zero attached hydrogens (tertiary/aromatic N) is 2. The van der Waals surface area contributed by atoms with Crippen LogP contribution in [0.2, 0.25) is 0 Å². The summed E-state index contributed by atoms with van der Waals surface area (Å²) in [5, 5.41) is 5.82. The third kappa shape index (κ3) is 4.20. The maximum atomic E-state index is 12.8. The van der Waals surface area contributed by atoms with Crippen molar-refractivity contribution in [3.63, 3.8) is 0 Å². The van der Waals surface area contributed by atoms with Crippen LogP contribution in [0.1, 0.15) is 33.1 Å². The number of carbonyl (C=O) groups is 3. The molecule has 2 aliphatic heterocycles. The van der Waals surface area contributed by atoms with Crippen LogP contribution < -0.4 is 15.5 Å². The lowest BCUT2D eigenvalue weighted by Crippen LogP contribution is -2.39. The molecule has 0 aromatic heterocycles. The fraction of sp³-hybridized carbons (Fsp3) is 0.522. The van der Waals surface area contributed by atoms with Crippen molar-refractivity contribution in [2.24, 2.45) is 17.3 Å². The second-order valence-electron chi connectivity index (χ2n) is 8.97. The van der Waals surface area contributed by atoms with Crippen LogP contribution in [0.5, 0.6) is 0 Å². The molecule has 1 spiro atoms. The van der Waals surface area contributed by atoms with Gasteiger partial charge in [0.1, 0.15) is 0 Å². The summed E-state index contributed by atoms with van der Waals surface area (Å²) in [7, 11) is 0. The number of nitrogens with one attached hydrogen (secondary N) is 2. The van der Waals surface area contributed by atoms with E-state index in [1.165, 1.54) is 0 Å². The Bertz CT molecular complexity index is 871. The summed E-state index contributed by atoms with van der Waals surface area (Å²) in [5.74, 6) is 0.472. The van der Waals surface area contributed by atoms with Crippen molar-refractivity contribution in [1.29, 1.82) is 0 Å². The van der Waals surface area contributed by atoms with E-state index in [0.717, 1.165) is 24.9 Å². The second kappa shape index (κ2) is 8.13. The van der Waals surface area contributed by atoms with E-state index in [1.807, 2.05) is 35.2 Å². The van der Waals surface area contributed by atoms with Gasteiger partial charge in [0.15, 0.2) is 0 Å². The number of anilines is 2. The smallest absolute Gasteiger partial charge is 0.321 e. The highest BCUT2D eigenvalue weighted by atomic mass is 16.2. The lowest BCUT2D eigenvalue weighted by Gasteiger charge is -2.32. The molecule has 0 bridgehead atoms. The van der Waals surface area contributed by atoms with Gasteiger partial charge in [-0.15, -0.1) is 0 Å². The molecule has 1 saturated carbocycles. The number of hydrogen-bond donors (Lipinski definition) is 2. The van der Waals surface area contributed by atoms with Crippen molar-refractivity contribution in [1.82, 2.24) is 10.2 Å². The maximum absolute atomic E-state index is 12.8. The third-order valence-electron chi connectivity index (χ3n) is 6.48. The first kappa shape index (κ1) is 20.4. The van der Waals surface area contributed by atoms with Crippen LogP contribution >= 0.6 is 0 Å². The molecule has 160 valence electrons. The van der Waals surface area contributed by atoms with Crippen LogP contribution in [0.4, 0.5) is 16.2 Å². The molecule has 3 fully saturated rings. The average molecular weight is 411 g/mol. The molecule has 0 unspecified atom stereocenters. The van der Waals surface area contributed by atoms with E-state index in [9.17, 15) is 14.4 Å². The molecular formula is C23H30N4O3. The van der Waals surface area contributed by atoms with Gasteiger partial charge in [-0.25, -0.2) is 4.79 Å². The lowest BCUT2D eigenvalue weighted by atomic mass is 9.90. The minimum Gasteiger partial charge on any atom is -0.339 e. The maximum Gasteiger partial charge on any atom is 0.321 e. The second-order valence-corrected chi connectivity index (χ2v) is 8.97. The zero-order valence-corrected chi connectivity index (χ0v) is 17.7. The topological polar surface area (TPSA) is 81.8 Å². The third-order valence-corrected chi connectivity index (χ3v) is 6.48. The summed E-state index contributed by atoms with van der Waals surface area (Å²) in [6.45, 7) is 6.79. The lowest BCUT2D eigenvalue weighted by molar-refractivity contribution is -0.127. The van der Waals surface area contributed by atoms with Gasteiger partial charge >= 0.3 is 6.03 Å². The van der Waals surface area contributed by atoms with Gasteiger partial charge in [0.25, 0.3) is 0 Å². The Hall–Kier alpha value is -2.83. The van der Waals surface area contributed by atoms with E-state index < -0.39 is 0 Å². The Labute approximate surface area is 177 Å². The van der Waals surface area contributed by atoms with Gasteiger partial charge in [0.2, 0.25) is 11.8 Å². The van der Waals surface area contributed by atoms with Crippen molar-refractivity contribution in [3.05, 3.63) is 36.4 Å². The number of likely N-dealkylation sites (tertiary alicyclic amines) is 1. The first-order valence-electron chi connectivity index (χ1n) is 10.8. The number of amides is 4. The van der Waals surface area contributed by atoms with Gasteiger partial charge in [0.05, 0.1) is 0 Å². The molecule has 2 N–H and O–H groups in total. The fourth-order valence-electron chi connectivity index (χ4n) is 4.52. The highest BCUT2D eigenvalue weighted by Gasteiger charge is 2.58. The normalized spacial score (nSPS) is 22.6. The number of allylic oxidation sites excluding steroid dienone is 1. The summed E-state index contributed by atoms with van der Waals surface area (Å²) in [6.07, 6.45) is 6.24. The highest BCUT2D eigenvalue weighted by Crippen LogP contribution is 2.59. The predicted molar refractivity (Wildman–Crippen MR) is 116 cm³/mol. The molecule has 4 amide bonds. The van der Waals surface area contributed by atoms with Gasteiger partial charge in [-0.05, 0) is 54.9 Å². The molecule has 1 aromatic carbocycles. The molecule has 0 radical (unpaired) electrons. The van der Waals surface area contributed by atoms with E-state index in [0.29, 0.717) is 37.8 Å². The summed E-state index contributed by atoms with van der Waals surface area (Å²) in [4.78, 5) is 40.6. The standard InChI is InChI=1S/C23H30N4O3/c1-16(2)6-7-20(28)26-11-8-23(9-12-26)15-19(23)21(29)25-17-4-3-5-18(14-17)27-13-10-24-22(27)30/h3-7,14,16,19H,8-13,15H2,1-2H3,(H,24,30)(H,25,29)/b7-6+/t19-/m1/s1. The number of benzene rings is 1. The molecule has 3 aliphatic rings. The Balaban J connectivity index is 1.31. The first-order chi connectivity index (χ1) is 14.4. The molecule has 2 heterocycles. The molecule has 1 atom stereocenters. The SMILES string of the molecule is CC(C)/C=C/C(=O)N1CCC2(CC1)C[C@@H]2C(=O)Nc1cccc(N2CCNC2=O)c1. The van der Waals surface area contributed by atoms with Crippen molar-refractivity contribution < 1.29 is 14.4 Å². The molecule has 7 heteroatoms. The number of hydrogen-bond acceptors (Lipinski definition) is 3. The molecule has 30 heavy (non-hydrogen) atoms. The fourth-order valence-corrected chi connectivity index (χ4v) is 4.52. The number of piperidine rings is 1. The summed E-state index contributed by atoms with van der Waals surface area (Å²) in [5.41, 5.74) is 1.54. The van der Waals surface area contributed by atoms with Gasteiger partial charge in [-0.3, -0.25) is 14.5 Å². The monoisotopic (exact) mass is 410 g/mol. The van der Waals surface area contributed by atoms with E-state index in [1.54, 1.807) is 11.0 Å². The van der Waals surface area contributed by atoms with Gasteiger partial charge in [-0.1, -0.05) is 26.0 Å². The summed E-state index contributed by atoms with van der Waals surface area (Å²) in [6, 6.07) is 7.32. The minimum absolute atomic E-state index is 0.000278.